The molecular formula is C24H24N2O2S. The zero-order chi connectivity index (χ0) is 20.6. The molecular weight excluding hydrogens is 380 g/mol. The van der Waals surface area contributed by atoms with Gasteiger partial charge in [0.2, 0.25) is 5.91 Å². The minimum absolute atomic E-state index is 0.000289. The summed E-state index contributed by atoms with van der Waals surface area (Å²) < 4.78 is 0. The summed E-state index contributed by atoms with van der Waals surface area (Å²) in [6, 6.07) is 21.2. The van der Waals surface area contributed by atoms with Gasteiger partial charge in [-0.3, -0.25) is 9.59 Å². The van der Waals surface area contributed by atoms with E-state index in [4.69, 9.17) is 0 Å². The summed E-state index contributed by atoms with van der Waals surface area (Å²) in [5.41, 5.74) is 2.45. The number of nitrogens with zero attached hydrogens (tertiary/aromatic N) is 1. The Morgan fingerprint density at radius 1 is 0.931 bits per heavy atom. The SMILES string of the molecule is CCN(CC)C(=O)c1ccc(NC(=O)/C=C/c2ccc(-c3ccccc3)s2)cc1. The molecule has 1 aromatic heterocycles. The van der Waals surface area contributed by atoms with Crippen LogP contribution in [0.4, 0.5) is 5.69 Å². The van der Waals surface area contributed by atoms with Crippen LogP contribution in [0.1, 0.15) is 29.1 Å². The van der Waals surface area contributed by atoms with Crippen LogP contribution in [0.5, 0.6) is 0 Å². The van der Waals surface area contributed by atoms with Crippen molar-refractivity contribution < 1.29 is 9.59 Å². The molecule has 29 heavy (non-hydrogen) atoms. The molecule has 0 aliphatic rings. The lowest BCUT2D eigenvalue weighted by atomic mass is 10.1. The summed E-state index contributed by atoms with van der Waals surface area (Å²) in [6.07, 6.45) is 3.33. The van der Waals surface area contributed by atoms with E-state index in [-0.39, 0.29) is 11.8 Å². The molecule has 0 saturated carbocycles. The number of rotatable bonds is 7. The molecule has 2 amide bonds. The van der Waals surface area contributed by atoms with Crippen LogP contribution in [0.15, 0.2) is 72.8 Å². The molecule has 2 aromatic carbocycles. The molecule has 148 valence electrons. The average Bonchev–Trinajstić information content (AvgIpc) is 3.23. The van der Waals surface area contributed by atoms with Crippen LogP contribution >= 0.6 is 11.3 Å². The first-order valence-electron chi connectivity index (χ1n) is 9.64. The summed E-state index contributed by atoms with van der Waals surface area (Å²) in [5, 5.41) is 2.83. The second-order valence-corrected chi connectivity index (χ2v) is 7.56. The molecule has 0 atom stereocenters. The molecule has 0 bridgehead atoms. The van der Waals surface area contributed by atoms with E-state index < -0.39 is 0 Å². The van der Waals surface area contributed by atoms with Crippen molar-refractivity contribution in [3.63, 3.8) is 0 Å². The number of carbonyl (C=O) groups excluding carboxylic acids is 2. The van der Waals surface area contributed by atoms with Crippen molar-refractivity contribution >= 4 is 34.9 Å². The fourth-order valence-electron chi connectivity index (χ4n) is 2.93. The largest absolute Gasteiger partial charge is 0.339 e. The van der Waals surface area contributed by atoms with Crippen LogP contribution in [0.25, 0.3) is 16.5 Å². The third-order valence-corrected chi connectivity index (χ3v) is 5.63. The lowest BCUT2D eigenvalue weighted by Crippen LogP contribution is -2.30. The highest BCUT2D eigenvalue weighted by atomic mass is 32.1. The Morgan fingerprint density at radius 2 is 1.62 bits per heavy atom. The van der Waals surface area contributed by atoms with Crippen molar-refractivity contribution in [1.29, 1.82) is 0 Å². The Hall–Kier alpha value is -3.18. The van der Waals surface area contributed by atoms with Crippen LogP contribution in [-0.4, -0.2) is 29.8 Å². The van der Waals surface area contributed by atoms with E-state index in [1.807, 2.05) is 44.2 Å². The molecule has 4 nitrogen and oxygen atoms in total. The monoisotopic (exact) mass is 404 g/mol. The summed E-state index contributed by atoms with van der Waals surface area (Å²) in [5.74, 6) is -0.206. The van der Waals surface area contributed by atoms with Crippen molar-refractivity contribution in [1.82, 2.24) is 4.90 Å². The lowest BCUT2D eigenvalue weighted by Gasteiger charge is -2.18. The van der Waals surface area contributed by atoms with Gasteiger partial charge in [0.15, 0.2) is 0 Å². The fourth-order valence-corrected chi connectivity index (χ4v) is 3.85. The Labute approximate surface area is 175 Å². The summed E-state index contributed by atoms with van der Waals surface area (Å²) in [7, 11) is 0. The topological polar surface area (TPSA) is 49.4 Å². The zero-order valence-corrected chi connectivity index (χ0v) is 17.4. The molecule has 0 spiro atoms. The number of hydrogen-bond donors (Lipinski definition) is 1. The van der Waals surface area contributed by atoms with Gasteiger partial charge >= 0.3 is 0 Å². The van der Waals surface area contributed by atoms with Crippen molar-refractivity contribution in [2.75, 3.05) is 18.4 Å². The third kappa shape index (κ3) is 5.42. The number of hydrogen-bond acceptors (Lipinski definition) is 3. The maximum absolute atomic E-state index is 12.3. The molecule has 0 aliphatic carbocycles. The Kier molecular flexibility index (Phi) is 6.98. The molecule has 0 fully saturated rings. The molecule has 0 saturated heterocycles. The molecule has 3 aromatic rings. The maximum Gasteiger partial charge on any atom is 0.253 e. The van der Waals surface area contributed by atoms with Gasteiger partial charge < -0.3 is 10.2 Å². The number of carbonyl (C=O) groups is 2. The number of anilines is 1. The molecule has 1 heterocycles. The zero-order valence-electron chi connectivity index (χ0n) is 16.6. The summed E-state index contributed by atoms with van der Waals surface area (Å²) in [6.45, 7) is 5.26. The molecule has 1 N–H and O–H groups in total. The second kappa shape index (κ2) is 9.85. The van der Waals surface area contributed by atoms with Gasteiger partial charge in [0, 0.05) is 40.2 Å². The number of amides is 2. The second-order valence-electron chi connectivity index (χ2n) is 6.45. The first-order valence-corrected chi connectivity index (χ1v) is 10.5. The van der Waals surface area contributed by atoms with Gasteiger partial charge in [-0.15, -0.1) is 11.3 Å². The minimum atomic E-state index is -0.206. The quantitative estimate of drug-likeness (QED) is 0.525. The van der Waals surface area contributed by atoms with E-state index in [9.17, 15) is 9.59 Å². The van der Waals surface area contributed by atoms with Gasteiger partial charge in [0.25, 0.3) is 5.91 Å². The fraction of sp³-hybridized carbons (Fsp3) is 0.167. The predicted octanol–water partition coefficient (Wildman–Crippen LogP) is 5.55. The molecule has 5 heteroatoms. The Bertz CT molecular complexity index is 987. The first kappa shape index (κ1) is 20.6. The van der Waals surface area contributed by atoms with E-state index in [1.165, 1.54) is 16.5 Å². The highest BCUT2D eigenvalue weighted by Gasteiger charge is 2.12. The van der Waals surface area contributed by atoms with Crippen molar-refractivity contribution in [2.24, 2.45) is 0 Å². The number of nitrogens with one attached hydrogen (secondary N) is 1. The molecule has 3 rings (SSSR count). The molecule has 0 aliphatic heterocycles. The summed E-state index contributed by atoms with van der Waals surface area (Å²) in [4.78, 5) is 28.5. The van der Waals surface area contributed by atoms with E-state index in [0.29, 0.717) is 24.3 Å². The predicted molar refractivity (Wildman–Crippen MR) is 121 cm³/mol. The highest BCUT2D eigenvalue weighted by Crippen LogP contribution is 2.28. The molecule has 0 unspecified atom stereocenters. The minimum Gasteiger partial charge on any atom is -0.339 e. The molecule has 0 radical (unpaired) electrons. The average molecular weight is 405 g/mol. The van der Waals surface area contributed by atoms with Crippen LogP contribution < -0.4 is 5.32 Å². The van der Waals surface area contributed by atoms with Crippen LogP contribution in [-0.2, 0) is 4.79 Å². The maximum atomic E-state index is 12.3. The lowest BCUT2D eigenvalue weighted by molar-refractivity contribution is -0.111. The Morgan fingerprint density at radius 3 is 2.28 bits per heavy atom. The number of benzene rings is 2. The first-order chi connectivity index (χ1) is 14.1. The van der Waals surface area contributed by atoms with Crippen LogP contribution in [0.2, 0.25) is 0 Å². The van der Waals surface area contributed by atoms with Gasteiger partial charge in [-0.05, 0) is 61.9 Å². The smallest absolute Gasteiger partial charge is 0.253 e. The van der Waals surface area contributed by atoms with Gasteiger partial charge in [-0.2, -0.15) is 0 Å². The van der Waals surface area contributed by atoms with E-state index in [0.717, 1.165) is 4.88 Å². The Balaban J connectivity index is 1.59. The van der Waals surface area contributed by atoms with Crippen molar-refractivity contribution in [3.05, 3.63) is 83.2 Å². The summed E-state index contributed by atoms with van der Waals surface area (Å²) >= 11 is 1.64. The van der Waals surface area contributed by atoms with E-state index in [1.54, 1.807) is 40.5 Å². The van der Waals surface area contributed by atoms with Gasteiger partial charge in [0.1, 0.15) is 0 Å². The van der Waals surface area contributed by atoms with E-state index in [2.05, 4.69) is 23.5 Å². The van der Waals surface area contributed by atoms with Crippen LogP contribution in [0, 0.1) is 0 Å². The standard InChI is InChI=1S/C24H24N2O2S/c1-3-26(4-2)24(28)19-10-12-20(13-11-19)25-23(27)17-15-21-14-16-22(29-21)18-8-6-5-7-9-18/h5-17H,3-4H2,1-2H3,(H,25,27)/b17-15+. The van der Waals surface area contributed by atoms with Crippen molar-refractivity contribution in [3.8, 4) is 10.4 Å². The number of thiophene rings is 1. The highest BCUT2D eigenvalue weighted by molar-refractivity contribution is 7.16. The van der Waals surface area contributed by atoms with Crippen LogP contribution in [0.3, 0.4) is 0 Å². The van der Waals surface area contributed by atoms with Crippen molar-refractivity contribution in [2.45, 2.75) is 13.8 Å². The normalized spacial score (nSPS) is 10.8. The van der Waals surface area contributed by atoms with Gasteiger partial charge in [-0.1, -0.05) is 30.3 Å². The van der Waals surface area contributed by atoms with E-state index >= 15 is 0 Å². The van der Waals surface area contributed by atoms with Gasteiger partial charge in [0.05, 0.1) is 0 Å². The third-order valence-electron chi connectivity index (χ3n) is 4.53. The van der Waals surface area contributed by atoms with Gasteiger partial charge in [-0.25, -0.2) is 0 Å².